The van der Waals surface area contributed by atoms with E-state index in [9.17, 15) is 8.78 Å². The molecular weight excluding hydrogens is 173 g/mol. The van der Waals surface area contributed by atoms with Gasteiger partial charge in [-0.2, -0.15) is 5.10 Å². The number of aromatic nitrogens is 2. The second kappa shape index (κ2) is 3.12. The zero-order chi connectivity index (χ0) is 10.2. The minimum atomic E-state index is -3.35. The Bertz CT molecular complexity index is 302. The van der Waals surface area contributed by atoms with Gasteiger partial charge >= 0.3 is 0 Å². The molecule has 0 aliphatic heterocycles. The normalized spacial score (nSPS) is 12.5. The first-order chi connectivity index (χ1) is 5.82. The smallest absolute Gasteiger partial charge is 0.242 e. The van der Waals surface area contributed by atoms with Gasteiger partial charge in [-0.1, -0.05) is 13.8 Å². The summed E-state index contributed by atoms with van der Waals surface area (Å²) in [4.78, 5) is 0. The van der Waals surface area contributed by atoms with Crippen LogP contribution < -0.4 is 0 Å². The van der Waals surface area contributed by atoms with E-state index in [0.29, 0.717) is 5.56 Å². The lowest BCUT2D eigenvalue weighted by Gasteiger charge is -2.11. The molecule has 0 unspecified atom stereocenters. The van der Waals surface area contributed by atoms with Gasteiger partial charge in [-0.25, -0.2) is 8.78 Å². The minimum Gasteiger partial charge on any atom is -0.275 e. The zero-order valence-electron chi connectivity index (χ0n) is 7.88. The second-order valence-corrected chi connectivity index (χ2v) is 3.38. The van der Waals surface area contributed by atoms with Crippen molar-refractivity contribution in [2.75, 3.05) is 0 Å². The molecule has 1 heterocycles. The predicted octanol–water partition coefficient (Wildman–Crippen LogP) is 1.76. The first kappa shape index (κ1) is 10.2. The van der Waals surface area contributed by atoms with Crippen LogP contribution in [-0.2, 0) is 12.9 Å². The van der Waals surface area contributed by atoms with Crippen molar-refractivity contribution in [3.8, 4) is 0 Å². The predicted molar refractivity (Wildman–Crippen MR) is 46.9 cm³/mol. The molecule has 1 aromatic heterocycles. The van der Waals surface area contributed by atoms with Gasteiger partial charge in [0.1, 0.15) is 5.69 Å². The molecule has 2 radical (unpaired) electrons. The van der Waals surface area contributed by atoms with Crippen LogP contribution in [-0.4, -0.2) is 17.6 Å². The summed E-state index contributed by atoms with van der Waals surface area (Å²) in [7, 11) is 6.30. The maximum absolute atomic E-state index is 12.8. The lowest BCUT2D eigenvalue weighted by molar-refractivity contribution is 0.0870. The Labute approximate surface area is 77.3 Å². The number of halogens is 2. The Morgan fingerprint density at radius 1 is 1.54 bits per heavy atom. The van der Waals surface area contributed by atoms with Gasteiger partial charge in [0, 0.05) is 18.8 Å². The van der Waals surface area contributed by atoms with E-state index in [4.69, 9.17) is 7.85 Å². The molecule has 0 aliphatic rings. The molecule has 0 fully saturated rings. The van der Waals surface area contributed by atoms with Crippen molar-refractivity contribution in [3.05, 3.63) is 17.5 Å². The summed E-state index contributed by atoms with van der Waals surface area (Å²) < 4.78 is 26.9. The number of alkyl halides is 2. The quantitative estimate of drug-likeness (QED) is 0.640. The third-order valence-corrected chi connectivity index (χ3v) is 1.79. The second-order valence-electron chi connectivity index (χ2n) is 3.38. The number of hydrogen-bond acceptors (Lipinski definition) is 1. The van der Waals surface area contributed by atoms with Crippen LogP contribution >= 0.6 is 0 Å². The van der Waals surface area contributed by atoms with Crippen LogP contribution in [0.25, 0.3) is 0 Å². The molecule has 0 N–H and O–H groups in total. The lowest BCUT2D eigenvalue weighted by atomic mass is 9.90. The molecule has 0 spiro atoms. The van der Waals surface area contributed by atoms with Crippen molar-refractivity contribution < 1.29 is 8.78 Å². The van der Waals surface area contributed by atoms with Gasteiger partial charge in [0.2, 0.25) is 5.82 Å². The average molecular weight is 184 g/mol. The van der Waals surface area contributed by atoms with Crippen LogP contribution in [0.1, 0.15) is 31.0 Å². The SMILES string of the molecule is [B]C(F)(F)c1nn(C)cc1C(C)C. The van der Waals surface area contributed by atoms with Crippen LogP contribution in [0.5, 0.6) is 0 Å². The van der Waals surface area contributed by atoms with E-state index in [1.807, 2.05) is 13.8 Å². The van der Waals surface area contributed by atoms with Crippen LogP contribution in [0.4, 0.5) is 8.78 Å². The lowest BCUT2D eigenvalue weighted by Crippen LogP contribution is -2.16. The number of nitrogens with zero attached hydrogens (tertiary/aromatic N) is 2. The molecule has 0 aliphatic carbocycles. The Kier molecular flexibility index (Phi) is 2.46. The Morgan fingerprint density at radius 2 is 2.08 bits per heavy atom. The fourth-order valence-corrected chi connectivity index (χ4v) is 1.19. The van der Waals surface area contributed by atoms with Crippen molar-refractivity contribution in [1.29, 1.82) is 0 Å². The highest BCUT2D eigenvalue weighted by Crippen LogP contribution is 2.29. The molecular formula is C8H11BF2N2. The van der Waals surface area contributed by atoms with E-state index >= 15 is 0 Å². The summed E-state index contributed by atoms with van der Waals surface area (Å²) >= 11 is 0. The summed E-state index contributed by atoms with van der Waals surface area (Å²) in [6.45, 7) is 3.65. The molecule has 0 saturated carbocycles. The van der Waals surface area contributed by atoms with Gasteiger partial charge in [0.15, 0.2) is 7.85 Å². The van der Waals surface area contributed by atoms with E-state index in [0.717, 1.165) is 0 Å². The number of rotatable bonds is 2. The molecule has 2 nitrogen and oxygen atoms in total. The molecule has 1 aromatic rings. The maximum Gasteiger partial charge on any atom is 0.242 e. The molecule has 0 bridgehead atoms. The van der Waals surface area contributed by atoms with Gasteiger partial charge in [-0.05, 0) is 5.92 Å². The number of hydrogen-bond donors (Lipinski definition) is 0. The van der Waals surface area contributed by atoms with Crippen molar-refractivity contribution >= 4 is 7.85 Å². The minimum absolute atomic E-state index is 0.00174. The van der Waals surface area contributed by atoms with Gasteiger partial charge in [0.05, 0.1) is 0 Å². The van der Waals surface area contributed by atoms with E-state index in [1.165, 1.54) is 4.68 Å². The molecule has 1 rings (SSSR count). The molecule has 0 amide bonds. The van der Waals surface area contributed by atoms with Crippen LogP contribution in [0, 0.1) is 0 Å². The monoisotopic (exact) mass is 184 g/mol. The number of aryl methyl sites for hydroxylation is 1. The third-order valence-electron chi connectivity index (χ3n) is 1.79. The van der Waals surface area contributed by atoms with Gasteiger partial charge < -0.3 is 0 Å². The van der Waals surface area contributed by atoms with Crippen molar-refractivity contribution in [2.45, 2.75) is 25.6 Å². The van der Waals surface area contributed by atoms with E-state index in [-0.39, 0.29) is 11.6 Å². The standard InChI is InChI=1S/C8H11BF2N2/c1-5(2)6-4-13(3)12-7(6)8(9,10)11/h4-5H,1-3H3. The van der Waals surface area contributed by atoms with Crippen molar-refractivity contribution in [1.82, 2.24) is 9.78 Å². The van der Waals surface area contributed by atoms with E-state index in [2.05, 4.69) is 5.10 Å². The average Bonchev–Trinajstić information content (AvgIpc) is 2.29. The Morgan fingerprint density at radius 3 is 2.38 bits per heavy atom. The molecule has 0 saturated heterocycles. The largest absolute Gasteiger partial charge is 0.275 e. The first-order valence-corrected chi connectivity index (χ1v) is 4.03. The highest BCUT2D eigenvalue weighted by Gasteiger charge is 2.31. The Hall–Kier alpha value is -0.865. The van der Waals surface area contributed by atoms with Crippen LogP contribution in [0.15, 0.2) is 6.20 Å². The molecule has 0 atom stereocenters. The van der Waals surface area contributed by atoms with E-state index < -0.39 is 5.82 Å². The third kappa shape index (κ3) is 2.08. The van der Waals surface area contributed by atoms with Gasteiger partial charge in [0.25, 0.3) is 0 Å². The van der Waals surface area contributed by atoms with Crippen molar-refractivity contribution in [3.63, 3.8) is 0 Å². The summed E-state index contributed by atoms with van der Waals surface area (Å²) in [6, 6.07) is 0. The van der Waals surface area contributed by atoms with Gasteiger partial charge in [-0.15, -0.1) is 0 Å². The fourth-order valence-electron chi connectivity index (χ4n) is 1.19. The summed E-state index contributed by atoms with van der Waals surface area (Å²) in [5.74, 6) is -3.35. The van der Waals surface area contributed by atoms with Crippen molar-refractivity contribution in [2.24, 2.45) is 7.05 Å². The molecule has 13 heavy (non-hydrogen) atoms. The summed E-state index contributed by atoms with van der Waals surface area (Å²) in [5, 5.41) is 3.64. The molecule has 5 heteroatoms. The highest BCUT2D eigenvalue weighted by molar-refractivity contribution is 6.13. The molecule has 70 valence electrons. The molecule has 0 aromatic carbocycles. The zero-order valence-corrected chi connectivity index (χ0v) is 7.88. The maximum atomic E-state index is 12.8. The summed E-state index contributed by atoms with van der Waals surface area (Å²) in [6.07, 6.45) is 1.57. The fraction of sp³-hybridized carbons (Fsp3) is 0.625. The summed E-state index contributed by atoms with van der Waals surface area (Å²) in [5.41, 5.74) is 0.167. The van der Waals surface area contributed by atoms with Crippen LogP contribution in [0.2, 0.25) is 0 Å². The highest BCUT2D eigenvalue weighted by atomic mass is 19.3. The topological polar surface area (TPSA) is 17.8 Å². The van der Waals surface area contributed by atoms with Crippen LogP contribution in [0.3, 0.4) is 0 Å². The van der Waals surface area contributed by atoms with E-state index in [1.54, 1.807) is 13.2 Å². The first-order valence-electron chi connectivity index (χ1n) is 4.03. The Balaban J connectivity index is 3.20. The van der Waals surface area contributed by atoms with Gasteiger partial charge in [-0.3, -0.25) is 4.68 Å².